The normalized spacial score (nSPS) is 23.2. The van der Waals surface area contributed by atoms with Crippen molar-refractivity contribution in [3.05, 3.63) is 17.2 Å². The molecule has 4 heteroatoms. The lowest BCUT2D eigenvalue weighted by molar-refractivity contribution is 0.323. The summed E-state index contributed by atoms with van der Waals surface area (Å²) in [6.45, 7) is 7.20. The first-order valence-corrected chi connectivity index (χ1v) is 8.43. The molecule has 0 unspecified atom stereocenters. The van der Waals surface area contributed by atoms with Crippen LogP contribution in [0.4, 0.5) is 0 Å². The second-order valence-corrected chi connectivity index (χ2v) is 6.62. The molecule has 3 aliphatic rings. The Morgan fingerprint density at radius 1 is 1.15 bits per heavy atom. The Morgan fingerprint density at radius 2 is 2.00 bits per heavy atom. The number of imidazole rings is 1. The number of rotatable bonds is 5. The number of aromatic nitrogens is 2. The quantitative estimate of drug-likeness (QED) is 0.890. The summed E-state index contributed by atoms with van der Waals surface area (Å²) < 4.78 is 2.59. The molecule has 3 heterocycles. The summed E-state index contributed by atoms with van der Waals surface area (Å²) in [6.07, 6.45) is 7.97. The smallest absolute Gasteiger partial charge is 0.112 e. The molecule has 0 amide bonds. The summed E-state index contributed by atoms with van der Waals surface area (Å²) in [4.78, 5) is 7.58. The highest BCUT2D eigenvalue weighted by Gasteiger charge is 2.31. The number of hydrogen-bond donors (Lipinski definition) is 1. The maximum Gasteiger partial charge on any atom is 0.112 e. The van der Waals surface area contributed by atoms with Gasteiger partial charge in [0.05, 0.1) is 5.69 Å². The summed E-state index contributed by atoms with van der Waals surface area (Å²) in [5.74, 6) is 2.17. The molecule has 1 saturated heterocycles. The predicted molar refractivity (Wildman–Crippen MR) is 79.9 cm³/mol. The first-order valence-electron chi connectivity index (χ1n) is 8.43. The van der Waals surface area contributed by atoms with E-state index in [1.807, 2.05) is 0 Å². The Morgan fingerprint density at radius 3 is 2.80 bits per heavy atom. The highest BCUT2D eigenvalue weighted by Crippen LogP contribution is 2.40. The van der Waals surface area contributed by atoms with E-state index in [1.54, 1.807) is 0 Å². The van der Waals surface area contributed by atoms with Crippen molar-refractivity contribution >= 4 is 0 Å². The largest absolute Gasteiger partial charge is 0.331 e. The van der Waals surface area contributed by atoms with Gasteiger partial charge in [0.2, 0.25) is 0 Å². The van der Waals surface area contributed by atoms with Crippen LogP contribution in [-0.4, -0.2) is 40.6 Å². The molecule has 1 aliphatic carbocycles. The number of nitrogens with zero attached hydrogens (tertiary/aromatic N) is 3. The van der Waals surface area contributed by atoms with Gasteiger partial charge in [-0.1, -0.05) is 0 Å². The Balaban J connectivity index is 1.46. The molecule has 1 N–H and O–H groups in total. The van der Waals surface area contributed by atoms with Crippen molar-refractivity contribution < 1.29 is 0 Å². The topological polar surface area (TPSA) is 33.1 Å². The second kappa shape index (κ2) is 5.49. The lowest BCUT2D eigenvalue weighted by Gasteiger charge is -2.18. The van der Waals surface area contributed by atoms with E-state index >= 15 is 0 Å². The molecule has 20 heavy (non-hydrogen) atoms. The highest BCUT2D eigenvalue weighted by molar-refractivity contribution is 5.24. The third-order valence-corrected chi connectivity index (χ3v) is 5.01. The molecule has 0 spiro atoms. The maximum atomic E-state index is 4.95. The number of likely N-dealkylation sites (tertiary alicyclic amines) is 1. The molecule has 0 aromatic carbocycles. The van der Waals surface area contributed by atoms with Gasteiger partial charge in [-0.3, -0.25) is 0 Å². The second-order valence-electron chi connectivity index (χ2n) is 6.62. The maximum absolute atomic E-state index is 4.95. The Labute approximate surface area is 121 Å². The van der Waals surface area contributed by atoms with Crippen LogP contribution in [0.5, 0.6) is 0 Å². The van der Waals surface area contributed by atoms with E-state index in [0.29, 0.717) is 0 Å². The van der Waals surface area contributed by atoms with Gasteiger partial charge in [-0.2, -0.15) is 0 Å². The van der Waals surface area contributed by atoms with Crippen LogP contribution in [-0.2, 0) is 19.5 Å². The monoisotopic (exact) mass is 274 g/mol. The van der Waals surface area contributed by atoms with Crippen LogP contribution in [0.25, 0.3) is 0 Å². The van der Waals surface area contributed by atoms with E-state index in [9.17, 15) is 0 Å². The summed E-state index contributed by atoms with van der Waals surface area (Å²) in [5.41, 5.74) is 2.87. The van der Waals surface area contributed by atoms with Gasteiger partial charge in [-0.25, -0.2) is 4.98 Å². The zero-order chi connectivity index (χ0) is 13.4. The molecule has 4 nitrogen and oxygen atoms in total. The van der Waals surface area contributed by atoms with Gasteiger partial charge in [0.1, 0.15) is 5.82 Å². The first kappa shape index (κ1) is 12.8. The first-order chi connectivity index (χ1) is 9.92. The van der Waals surface area contributed by atoms with E-state index in [1.165, 1.54) is 81.9 Å². The molecule has 2 fully saturated rings. The Bertz CT molecular complexity index is 469. The standard InChI is InChI=1S/C16H26N4/c1-2-9-19(8-1)10-3-11-20-15-6-7-17-12-14(15)18-16(20)13-4-5-13/h13,17H,1-12H2. The van der Waals surface area contributed by atoms with Gasteiger partial charge in [0.25, 0.3) is 0 Å². The molecule has 0 bridgehead atoms. The van der Waals surface area contributed by atoms with E-state index in [0.717, 1.165) is 19.0 Å². The van der Waals surface area contributed by atoms with E-state index in [-0.39, 0.29) is 0 Å². The summed E-state index contributed by atoms with van der Waals surface area (Å²) in [5, 5.41) is 3.46. The summed E-state index contributed by atoms with van der Waals surface area (Å²) >= 11 is 0. The Kier molecular flexibility index (Phi) is 3.52. The molecule has 1 aromatic heterocycles. The number of nitrogens with one attached hydrogen (secondary N) is 1. The molecule has 0 radical (unpaired) electrons. The fourth-order valence-corrected chi connectivity index (χ4v) is 3.75. The van der Waals surface area contributed by atoms with Crippen LogP contribution in [0.15, 0.2) is 0 Å². The zero-order valence-electron chi connectivity index (χ0n) is 12.4. The fraction of sp³-hybridized carbons (Fsp3) is 0.812. The fourth-order valence-electron chi connectivity index (χ4n) is 3.75. The molecular formula is C16H26N4. The van der Waals surface area contributed by atoms with Crippen LogP contribution < -0.4 is 5.32 Å². The van der Waals surface area contributed by atoms with Crippen LogP contribution in [0.2, 0.25) is 0 Å². The summed E-state index contributed by atoms with van der Waals surface area (Å²) in [7, 11) is 0. The van der Waals surface area contributed by atoms with Gasteiger partial charge < -0.3 is 14.8 Å². The lowest BCUT2D eigenvalue weighted by Crippen LogP contribution is -2.26. The van der Waals surface area contributed by atoms with Gasteiger partial charge in [-0.15, -0.1) is 0 Å². The van der Waals surface area contributed by atoms with Crippen molar-refractivity contribution in [2.45, 2.75) is 57.5 Å². The molecule has 2 aliphatic heterocycles. The van der Waals surface area contributed by atoms with Crippen molar-refractivity contribution in [1.82, 2.24) is 19.8 Å². The van der Waals surface area contributed by atoms with Crippen LogP contribution in [0, 0.1) is 0 Å². The van der Waals surface area contributed by atoms with Crippen molar-refractivity contribution in [2.75, 3.05) is 26.2 Å². The summed E-state index contributed by atoms with van der Waals surface area (Å²) in [6, 6.07) is 0. The van der Waals surface area contributed by atoms with Crippen molar-refractivity contribution in [1.29, 1.82) is 0 Å². The van der Waals surface area contributed by atoms with Crippen molar-refractivity contribution in [3.8, 4) is 0 Å². The molecule has 4 rings (SSSR count). The molecule has 1 aromatic rings. The average molecular weight is 274 g/mol. The third kappa shape index (κ3) is 2.51. The number of hydrogen-bond acceptors (Lipinski definition) is 3. The average Bonchev–Trinajstić information content (AvgIpc) is 3.06. The van der Waals surface area contributed by atoms with E-state index < -0.39 is 0 Å². The number of fused-ring (bicyclic) bond motifs is 1. The van der Waals surface area contributed by atoms with E-state index in [2.05, 4.69) is 14.8 Å². The molecule has 110 valence electrons. The highest BCUT2D eigenvalue weighted by atomic mass is 15.2. The third-order valence-electron chi connectivity index (χ3n) is 5.01. The van der Waals surface area contributed by atoms with E-state index in [4.69, 9.17) is 4.98 Å². The van der Waals surface area contributed by atoms with Crippen molar-refractivity contribution in [3.63, 3.8) is 0 Å². The van der Waals surface area contributed by atoms with Crippen molar-refractivity contribution in [2.24, 2.45) is 0 Å². The molecular weight excluding hydrogens is 248 g/mol. The minimum Gasteiger partial charge on any atom is -0.331 e. The lowest BCUT2D eigenvalue weighted by atomic mass is 10.2. The van der Waals surface area contributed by atoms with Gasteiger partial charge in [-0.05, 0) is 51.7 Å². The minimum atomic E-state index is 0.771. The van der Waals surface area contributed by atoms with Gasteiger partial charge in [0.15, 0.2) is 0 Å². The van der Waals surface area contributed by atoms with Gasteiger partial charge in [0, 0.05) is 37.7 Å². The van der Waals surface area contributed by atoms with Gasteiger partial charge >= 0.3 is 0 Å². The molecule has 0 atom stereocenters. The predicted octanol–water partition coefficient (Wildman–Crippen LogP) is 1.89. The van der Waals surface area contributed by atoms with Crippen LogP contribution >= 0.6 is 0 Å². The molecule has 1 saturated carbocycles. The minimum absolute atomic E-state index is 0.771. The van der Waals surface area contributed by atoms with Crippen LogP contribution in [0.1, 0.15) is 55.2 Å². The Hall–Kier alpha value is -0.870. The zero-order valence-corrected chi connectivity index (χ0v) is 12.4. The SMILES string of the molecule is C1CCN(CCCn2c(C3CC3)nc3c2CCNC3)C1. The van der Waals surface area contributed by atoms with Crippen LogP contribution in [0.3, 0.4) is 0 Å².